The number of carbonyl (C=O) groups excluding carboxylic acids is 1. The fourth-order valence-corrected chi connectivity index (χ4v) is 4.67. The molecule has 0 aliphatic heterocycles. The van der Waals surface area contributed by atoms with Crippen LogP contribution in [0, 0.1) is 0 Å². The Bertz CT molecular complexity index is 1340. The van der Waals surface area contributed by atoms with Gasteiger partial charge in [-0.25, -0.2) is 18.1 Å². The molecule has 0 saturated heterocycles. The Morgan fingerprint density at radius 2 is 1.79 bits per heavy atom. The molecule has 0 unspecified atom stereocenters. The third kappa shape index (κ3) is 5.69. The summed E-state index contributed by atoms with van der Waals surface area (Å²) in [5.41, 5.74) is 2.95. The maximum Gasteiger partial charge on any atom is 0.251 e. The highest BCUT2D eigenvalue weighted by Gasteiger charge is 2.21. The zero-order chi connectivity index (χ0) is 24.0. The maximum absolute atomic E-state index is 13.2. The molecule has 1 heterocycles. The minimum Gasteiger partial charge on any atom is -0.383 e. The number of methoxy groups -OCH3 is 1. The van der Waals surface area contributed by atoms with Crippen LogP contribution in [0.25, 0.3) is 11.0 Å². The largest absolute Gasteiger partial charge is 0.383 e. The first-order valence-electron chi connectivity index (χ1n) is 10.8. The molecule has 0 aliphatic carbocycles. The summed E-state index contributed by atoms with van der Waals surface area (Å²) < 4.78 is 32.5. The van der Waals surface area contributed by atoms with Gasteiger partial charge in [0, 0.05) is 19.2 Å². The number of fused-ring (bicyclic) bond motifs is 1. The summed E-state index contributed by atoms with van der Waals surface area (Å²) in [5.74, 6) is 0.235. The van der Waals surface area contributed by atoms with Gasteiger partial charge >= 0.3 is 0 Å². The number of H-pyrrole nitrogens is 1. The Labute approximate surface area is 198 Å². The predicted molar refractivity (Wildman–Crippen MR) is 130 cm³/mol. The summed E-state index contributed by atoms with van der Waals surface area (Å²) in [6, 6.07) is 23.0. The van der Waals surface area contributed by atoms with Gasteiger partial charge in [-0.2, -0.15) is 0 Å². The van der Waals surface area contributed by atoms with E-state index in [2.05, 4.69) is 20.0 Å². The average molecular weight is 479 g/mol. The van der Waals surface area contributed by atoms with Crippen LogP contribution in [-0.2, 0) is 21.2 Å². The fraction of sp³-hybridized carbons (Fsp3) is 0.200. The van der Waals surface area contributed by atoms with Gasteiger partial charge in [0.1, 0.15) is 5.82 Å². The van der Waals surface area contributed by atoms with E-state index in [0.29, 0.717) is 12.2 Å². The summed E-state index contributed by atoms with van der Waals surface area (Å²) in [7, 11) is -2.27. The van der Waals surface area contributed by atoms with Crippen molar-refractivity contribution >= 4 is 27.0 Å². The molecule has 0 spiro atoms. The number of aromatic amines is 1. The Balaban J connectivity index is 1.59. The number of imidazole rings is 1. The van der Waals surface area contributed by atoms with E-state index >= 15 is 0 Å². The van der Waals surface area contributed by atoms with Gasteiger partial charge in [0.15, 0.2) is 0 Å². The molecule has 3 N–H and O–H groups in total. The molecule has 4 aromatic rings. The van der Waals surface area contributed by atoms with E-state index in [1.54, 1.807) is 12.1 Å². The number of hydrogen-bond donors (Lipinski definition) is 3. The molecule has 3 aromatic carbocycles. The number of ether oxygens (including phenoxy) is 1. The Kier molecular flexibility index (Phi) is 7.36. The number of amides is 1. The van der Waals surface area contributed by atoms with Gasteiger partial charge < -0.3 is 15.0 Å². The number of rotatable bonds is 10. The van der Waals surface area contributed by atoms with Crippen LogP contribution in [-0.4, -0.2) is 44.6 Å². The lowest BCUT2D eigenvalue weighted by Crippen LogP contribution is -2.31. The first kappa shape index (κ1) is 23.6. The quantitative estimate of drug-likeness (QED) is 0.303. The van der Waals surface area contributed by atoms with Gasteiger partial charge in [-0.15, -0.1) is 0 Å². The normalized spacial score (nSPS) is 12.5. The second-order valence-electron chi connectivity index (χ2n) is 7.77. The van der Waals surface area contributed by atoms with Crippen molar-refractivity contribution in [1.29, 1.82) is 0 Å². The summed E-state index contributed by atoms with van der Waals surface area (Å²) >= 11 is 0. The molecule has 34 heavy (non-hydrogen) atoms. The number of benzene rings is 3. The molecule has 1 aromatic heterocycles. The molecule has 4 rings (SSSR count). The lowest BCUT2D eigenvalue weighted by Gasteiger charge is -2.17. The summed E-state index contributed by atoms with van der Waals surface area (Å²) in [6.45, 7) is 0.387. The highest BCUT2D eigenvalue weighted by Crippen LogP contribution is 2.21. The summed E-state index contributed by atoms with van der Waals surface area (Å²) in [6.07, 6.45) is 0.517. The van der Waals surface area contributed by atoms with Gasteiger partial charge in [0.05, 0.1) is 28.6 Å². The minimum absolute atomic E-state index is 0.0135. The lowest BCUT2D eigenvalue weighted by atomic mass is 10.0. The third-order valence-corrected chi connectivity index (χ3v) is 6.79. The van der Waals surface area contributed by atoms with Crippen molar-refractivity contribution in [3.05, 3.63) is 95.8 Å². The van der Waals surface area contributed by atoms with E-state index in [1.807, 2.05) is 54.6 Å². The van der Waals surface area contributed by atoms with E-state index in [4.69, 9.17) is 4.74 Å². The molecule has 1 amide bonds. The van der Waals surface area contributed by atoms with Crippen LogP contribution in [0.2, 0.25) is 0 Å². The molecule has 0 saturated carbocycles. The number of nitrogens with zero attached hydrogens (tertiary/aromatic N) is 1. The maximum atomic E-state index is 13.2. The molecular formula is C25H26N4O4S. The number of carbonyl (C=O) groups is 1. The van der Waals surface area contributed by atoms with Crippen LogP contribution in [0.1, 0.15) is 27.8 Å². The van der Waals surface area contributed by atoms with Gasteiger partial charge in [-0.05, 0) is 42.3 Å². The average Bonchev–Trinajstić information content (AvgIpc) is 3.29. The van der Waals surface area contributed by atoms with Crippen molar-refractivity contribution < 1.29 is 17.9 Å². The first-order valence-corrected chi connectivity index (χ1v) is 12.3. The highest BCUT2D eigenvalue weighted by molar-refractivity contribution is 7.89. The topological polar surface area (TPSA) is 113 Å². The van der Waals surface area contributed by atoms with Gasteiger partial charge in [0.25, 0.3) is 5.91 Å². The van der Waals surface area contributed by atoms with Crippen molar-refractivity contribution in [2.24, 2.45) is 0 Å². The molecule has 1 atom stereocenters. The fourth-order valence-electron chi connectivity index (χ4n) is 3.61. The second kappa shape index (κ2) is 10.6. The number of nitrogens with one attached hydrogen (secondary N) is 3. The molecule has 176 valence electrons. The van der Waals surface area contributed by atoms with Crippen LogP contribution in [0.3, 0.4) is 0 Å². The van der Waals surface area contributed by atoms with Crippen LogP contribution in [0.15, 0.2) is 83.8 Å². The van der Waals surface area contributed by atoms with Crippen molar-refractivity contribution in [3.8, 4) is 0 Å². The number of sulfonamides is 1. The van der Waals surface area contributed by atoms with Crippen LogP contribution < -0.4 is 10.0 Å². The molecule has 0 bridgehead atoms. The Morgan fingerprint density at radius 3 is 2.56 bits per heavy atom. The molecule has 0 fully saturated rings. The highest BCUT2D eigenvalue weighted by atomic mass is 32.2. The molecular weight excluding hydrogens is 452 g/mol. The van der Waals surface area contributed by atoms with Crippen LogP contribution >= 0.6 is 0 Å². The van der Waals surface area contributed by atoms with E-state index in [1.165, 1.54) is 19.2 Å². The molecule has 0 radical (unpaired) electrons. The van der Waals surface area contributed by atoms with Gasteiger partial charge in [0.2, 0.25) is 10.0 Å². The zero-order valence-corrected chi connectivity index (χ0v) is 19.5. The zero-order valence-electron chi connectivity index (χ0n) is 18.7. The van der Waals surface area contributed by atoms with Crippen molar-refractivity contribution in [1.82, 2.24) is 20.0 Å². The summed E-state index contributed by atoms with van der Waals surface area (Å²) in [4.78, 5) is 21.2. The monoisotopic (exact) mass is 478 g/mol. The van der Waals surface area contributed by atoms with Gasteiger partial charge in [-0.3, -0.25) is 4.79 Å². The lowest BCUT2D eigenvalue weighted by molar-refractivity contribution is 0.0934. The first-order chi connectivity index (χ1) is 16.5. The van der Waals surface area contributed by atoms with E-state index < -0.39 is 22.0 Å². The van der Waals surface area contributed by atoms with Crippen molar-refractivity contribution in [2.45, 2.75) is 17.4 Å². The Morgan fingerprint density at radius 1 is 1.03 bits per heavy atom. The van der Waals surface area contributed by atoms with Gasteiger partial charge in [-0.1, -0.05) is 48.5 Å². The van der Waals surface area contributed by atoms with E-state index in [9.17, 15) is 13.2 Å². The third-order valence-electron chi connectivity index (χ3n) is 5.33. The van der Waals surface area contributed by atoms with E-state index in [-0.39, 0.29) is 23.6 Å². The van der Waals surface area contributed by atoms with Crippen molar-refractivity contribution in [3.63, 3.8) is 0 Å². The minimum atomic E-state index is -3.76. The van der Waals surface area contributed by atoms with Crippen LogP contribution in [0.4, 0.5) is 0 Å². The number of para-hydroxylation sites is 2. The molecule has 9 heteroatoms. The number of hydrogen-bond acceptors (Lipinski definition) is 5. The summed E-state index contributed by atoms with van der Waals surface area (Å²) in [5, 5.41) is 3.02. The standard InChI is InChI=1S/C25H26N4O4S/c1-33-15-14-26-34(31,32)20-11-7-10-19(17-20)25(30)29-23(16-18-8-3-2-4-9-18)24-27-21-12-5-6-13-22(21)28-24/h2-13,17,23,26H,14-16H2,1H3,(H,27,28)(H,29,30)/t23-/m0/s1. The van der Waals surface area contributed by atoms with Crippen molar-refractivity contribution in [2.75, 3.05) is 20.3 Å². The second-order valence-corrected chi connectivity index (χ2v) is 9.54. The molecule has 0 aliphatic rings. The Hall–Kier alpha value is -3.53. The van der Waals surface area contributed by atoms with E-state index in [0.717, 1.165) is 16.6 Å². The molecule has 8 nitrogen and oxygen atoms in total. The number of aromatic nitrogens is 2. The smallest absolute Gasteiger partial charge is 0.251 e. The predicted octanol–water partition coefficient (Wildman–Crippen LogP) is 3.20. The van der Waals surface area contributed by atoms with Crippen LogP contribution in [0.5, 0.6) is 0 Å². The SMILES string of the molecule is COCCNS(=O)(=O)c1cccc(C(=O)N[C@@H](Cc2ccccc2)c2nc3ccccc3[nH]2)c1.